The molecule has 2 amide bonds. The van der Waals surface area contributed by atoms with Gasteiger partial charge in [-0.25, -0.2) is 9.59 Å². The molecule has 1 aromatic carbocycles. The number of benzene rings is 1. The van der Waals surface area contributed by atoms with Gasteiger partial charge in [-0.05, 0) is 42.9 Å². The Labute approximate surface area is 123 Å². The molecule has 1 aliphatic carbocycles. The van der Waals surface area contributed by atoms with Crippen LogP contribution in [0, 0.1) is 0 Å². The van der Waals surface area contributed by atoms with Gasteiger partial charge in [-0.3, -0.25) is 0 Å². The fraction of sp³-hybridized carbons (Fsp3) is 0.467. The van der Waals surface area contributed by atoms with Crippen LogP contribution in [-0.4, -0.2) is 36.9 Å². The van der Waals surface area contributed by atoms with Crippen molar-refractivity contribution in [3.05, 3.63) is 29.3 Å². The number of ether oxygens (including phenoxy) is 1. The summed E-state index contributed by atoms with van der Waals surface area (Å²) in [4.78, 5) is 22.7. The lowest BCUT2D eigenvalue weighted by Gasteiger charge is -2.20. The number of hydrogen-bond donors (Lipinski definition) is 3. The van der Waals surface area contributed by atoms with Crippen molar-refractivity contribution in [3.63, 3.8) is 0 Å². The molecule has 1 unspecified atom stereocenters. The highest BCUT2D eigenvalue weighted by atomic mass is 16.5. The van der Waals surface area contributed by atoms with Crippen molar-refractivity contribution in [1.82, 2.24) is 5.32 Å². The Morgan fingerprint density at radius 2 is 2.10 bits per heavy atom. The number of anilines is 1. The third-order valence-corrected chi connectivity index (χ3v) is 3.65. The highest BCUT2D eigenvalue weighted by Gasteiger charge is 2.18. The quantitative estimate of drug-likeness (QED) is 0.772. The van der Waals surface area contributed by atoms with Crippen LogP contribution in [0.1, 0.15) is 24.0 Å². The third kappa shape index (κ3) is 3.95. The van der Waals surface area contributed by atoms with E-state index in [9.17, 15) is 9.59 Å². The van der Waals surface area contributed by atoms with E-state index in [1.807, 2.05) is 12.1 Å². The second-order valence-corrected chi connectivity index (χ2v) is 5.05. The molecule has 0 saturated heterocycles. The first kappa shape index (κ1) is 15.3. The zero-order chi connectivity index (χ0) is 15.2. The average Bonchev–Trinajstić information content (AvgIpc) is 2.48. The van der Waals surface area contributed by atoms with E-state index in [4.69, 9.17) is 9.84 Å². The molecule has 1 aliphatic rings. The summed E-state index contributed by atoms with van der Waals surface area (Å²) >= 11 is 0. The van der Waals surface area contributed by atoms with Crippen molar-refractivity contribution in [1.29, 1.82) is 0 Å². The normalized spacial score (nSPS) is 14.9. The van der Waals surface area contributed by atoms with Gasteiger partial charge in [0.15, 0.2) is 6.10 Å². The number of urea groups is 1. The minimum Gasteiger partial charge on any atom is -0.479 e. The molecule has 0 bridgehead atoms. The van der Waals surface area contributed by atoms with Crippen molar-refractivity contribution in [2.45, 2.75) is 31.8 Å². The topological polar surface area (TPSA) is 87.7 Å². The van der Waals surface area contributed by atoms with Gasteiger partial charge < -0.3 is 20.5 Å². The molecule has 1 atom stereocenters. The van der Waals surface area contributed by atoms with Gasteiger partial charge in [0.2, 0.25) is 0 Å². The molecule has 0 saturated carbocycles. The smallest absolute Gasteiger partial charge is 0.334 e. The van der Waals surface area contributed by atoms with Crippen LogP contribution in [0.5, 0.6) is 0 Å². The van der Waals surface area contributed by atoms with E-state index in [2.05, 4.69) is 16.7 Å². The van der Waals surface area contributed by atoms with E-state index in [0.717, 1.165) is 24.9 Å². The van der Waals surface area contributed by atoms with Crippen molar-refractivity contribution in [2.24, 2.45) is 0 Å². The predicted octanol–water partition coefficient (Wildman–Crippen LogP) is 1.79. The Hall–Kier alpha value is -2.08. The molecular formula is C15H20N2O4. The fourth-order valence-electron chi connectivity index (χ4n) is 2.52. The number of carbonyl (C=O) groups excluding carboxylic acids is 1. The van der Waals surface area contributed by atoms with Crippen LogP contribution in [0.2, 0.25) is 0 Å². The van der Waals surface area contributed by atoms with E-state index in [1.54, 1.807) is 0 Å². The van der Waals surface area contributed by atoms with Crippen LogP contribution >= 0.6 is 0 Å². The van der Waals surface area contributed by atoms with Crippen LogP contribution in [0.3, 0.4) is 0 Å². The lowest BCUT2D eigenvalue weighted by molar-refractivity contribution is -0.147. The molecule has 0 heterocycles. The van der Waals surface area contributed by atoms with Crippen molar-refractivity contribution in [3.8, 4) is 0 Å². The molecule has 2 rings (SSSR count). The largest absolute Gasteiger partial charge is 0.479 e. The van der Waals surface area contributed by atoms with E-state index in [1.165, 1.54) is 24.7 Å². The Kier molecular flexibility index (Phi) is 5.16. The van der Waals surface area contributed by atoms with Crippen molar-refractivity contribution >= 4 is 17.7 Å². The van der Waals surface area contributed by atoms with Gasteiger partial charge in [0, 0.05) is 12.8 Å². The summed E-state index contributed by atoms with van der Waals surface area (Å²) in [7, 11) is 1.30. The zero-order valence-electron chi connectivity index (χ0n) is 12.0. The number of nitrogens with one attached hydrogen (secondary N) is 2. The SMILES string of the molecule is COC(CNC(=O)Nc1cccc2c1CCCC2)C(=O)O. The number of aryl methyl sites for hydroxylation is 1. The van der Waals surface area contributed by atoms with Crippen LogP contribution in [0.15, 0.2) is 18.2 Å². The van der Waals surface area contributed by atoms with Crippen LogP contribution < -0.4 is 10.6 Å². The minimum absolute atomic E-state index is 0.0767. The average molecular weight is 292 g/mol. The number of carbonyl (C=O) groups is 2. The Bertz CT molecular complexity index is 530. The molecule has 0 radical (unpaired) electrons. The zero-order valence-corrected chi connectivity index (χ0v) is 12.0. The Morgan fingerprint density at radius 3 is 2.81 bits per heavy atom. The maximum atomic E-state index is 11.9. The maximum Gasteiger partial charge on any atom is 0.334 e. The molecule has 0 spiro atoms. The molecular weight excluding hydrogens is 272 g/mol. The number of hydrogen-bond acceptors (Lipinski definition) is 3. The third-order valence-electron chi connectivity index (χ3n) is 3.65. The number of methoxy groups -OCH3 is 1. The maximum absolute atomic E-state index is 11.9. The molecule has 114 valence electrons. The fourth-order valence-corrected chi connectivity index (χ4v) is 2.52. The van der Waals surface area contributed by atoms with Gasteiger partial charge in [-0.2, -0.15) is 0 Å². The van der Waals surface area contributed by atoms with Gasteiger partial charge in [0.25, 0.3) is 0 Å². The molecule has 1 aromatic rings. The van der Waals surface area contributed by atoms with Gasteiger partial charge in [0.1, 0.15) is 0 Å². The summed E-state index contributed by atoms with van der Waals surface area (Å²) in [5, 5.41) is 14.1. The number of rotatable bonds is 5. The highest BCUT2D eigenvalue weighted by Crippen LogP contribution is 2.27. The summed E-state index contributed by atoms with van der Waals surface area (Å²) in [6.45, 7) is -0.0767. The first-order valence-corrected chi connectivity index (χ1v) is 7.03. The van der Waals surface area contributed by atoms with Gasteiger partial charge in [-0.15, -0.1) is 0 Å². The van der Waals surface area contributed by atoms with Crippen molar-refractivity contribution < 1.29 is 19.4 Å². The summed E-state index contributed by atoms with van der Waals surface area (Å²) < 4.78 is 4.76. The standard InChI is InChI=1S/C15H20N2O4/c1-21-13(14(18)19)9-16-15(20)17-12-8-4-6-10-5-2-3-7-11(10)12/h4,6,8,13H,2-3,5,7,9H2,1H3,(H,18,19)(H2,16,17,20). The first-order valence-electron chi connectivity index (χ1n) is 7.03. The van der Waals surface area contributed by atoms with Crippen LogP contribution in [0.4, 0.5) is 10.5 Å². The molecule has 0 fully saturated rings. The molecule has 6 nitrogen and oxygen atoms in total. The van der Waals surface area contributed by atoms with Crippen LogP contribution in [0.25, 0.3) is 0 Å². The summed E-state index contributed by atoms with van der Waals surface area (Å²) in [6.07, 6.45) is 3.26. The second-order valence-electron chi connectivity index (χ2n) is 5.05. The van der Waals surface area contributed by atoms with Crippen molar-refractivity contribution in [2.75, 3.05) is 19.0 Å². The molecule has 0 aromatic heterocycles. The summed E-state index contributed by atoms with van der Waals surface area (Å²) in [5.41, 5.74) is 3.26. The first-order chi connectivity index (χ1) is 10.1. The summed E-state index contributed by atoms with van der Waals surface area (Å²) in [5.74, 6) is -1.10. The highest BCUT2D eigenvalue weighted by molar-refractivity contribution is 5.90. The lowest BCUT2D eigenvalue weighted by Crippen LogP contribution is -2.39. The monoisotopic (exact) mass is 292 g/mol. The second kappa shape index (κ2) is 7.08. The lowest BCUT2D eigenvalue weighted by atomic mass is 9.90. The molecule has 21 heavy (non-hydrogen) atoms. The molecule has 3 N–H and O–H groups in total. The number of carboxylic acids is 1. The number of fused-ring (bicyclic) bond motifs is 1. The van der Waals surface area contributed by atoms with E-state index in [-0.39, 0.29) is 6.54 Å². The van der Waals surface area contributed by atoms with E-state index < -0.39 is 18.1 Å². The molecule has 6 heteroatoms. The number of amides is 2. The summed E-state index contributed by atoms with van der Waals surface area (Å²) in [6, 6.07) is 5.46. The predicted molar refractivity (Wildman–Crippen MR) is 78.5 cm³/mol. The Balaban J connectivity index is 1.95. The van der Waals surface area contributed by atoms with Gasteiger partial charge in [0.05, 0.1) is 6.54 Å². The van der Waals surface area contributed by atoms with Gasteiger partial charge >= 0.3 is 12.0 Å². The van der Waals surface area contributed by atoms with E-state index >= 15 is 0 Å². The number of carboxylic acid groups (broad SMARTS) is 1. The minimum atomic E-state index is -1.10. The van der Waals surface area contributed by atoms with Crippen LogP contribution in [-0.2, 0) is 22.4 Å². The van der Waals surface area contributed by atoms with E-state index in [0.29, 0.717) is 0 Å². The Morgan fingerprint density at radius 1 is 1.33 bits per heavy atom. The molecule has 0 aliphatic heterocycles. The number of aliphatic carboxylic acids is 1. The van der Waals surface area contributed by atoms with Gasteiger partial charge in [-0.1, -0.05) is 12.1 Å².